The minimum atomic E-state index is 0.248. The Labute approximate surface area is 174 Å². The first kappa shape index (κ1) is 20.7. The Bertz CT molecular complexity index is 1140. The molecule has 0 fully saturated rings. The lowest BCUT2D eigenvalue weighted by Gasteiger charge is -2.13. The molecule has 152 valence electrons. The van der Waals surface area contributed by atoms with Crippen LogP contribution in [0.1, 0.15) is 22.5 Å². The van der Waals surface area contributed by atoms with Crippen molar-refractivity contribution in [2.75, 3.05) is 5.32 Å². The van der Waals surface area contributed by atoms with Crippen molar-refractivity contribution in [2.24, 2.45) is 4.99 Å². The molecule has 0 aromatic carbocycles. The lowest BCUT2D eigenvalue weighted by atomic mass is 10.1. The van der Waals surface area contributed by atoms with Crippen LogP contribution in [0.3, 0.4) is 0 Å². The molecule has 0 unspecified atom stereocenters. The lowest BCUT2D eigenvalue weighted by molar-refractivity contribution is 0.904. The summed E-state index contributed by atoms with van der Waals surface area (Å²) in [5.74, 6) is 0.926. The Morgan fingerprint density at radius 2 is 2.03 bits per heavy atom. The van der Waals surface area contributed by atoms with E-state index in [1.165, 1.54) is 0 Å². The van der Waals surface area contributed by atoms with E-state index in [1.54, 1.807) is 24.5 Å². The second-order valence-electron chi connectivity index (χ2n) is 6.64. The summed E-state index contributed by atoms with van der Waals surface area (Å²) in [5.41, 5.74) is 4.92. The van der Waals surface area contributed by atoms with E-state index in [4.69, 9.17) is 10.8 Å². The normalized spacial score (nSPS) is 11.8. The van der Waals surface area contributed by atoms with Crippen molar-refractivity contribution >= 4 is 23.7 Å². The number of hydrogen-bond donors (Lipinski definition) is 5. The van der Waals surface area contributed by atoms with Crippen molar-refractivity contribution in [3.63, 3.8) is 0 Å². The van der Waals surface area contributed by atoms with Gasteiger partial charge in [0.05, 0.1) is 5.70 Å². The summed E-state index contributed by atoms with van der Waals surface area (Å²) in [6.07, 6.45) is 6.20. The van der Waals surface area contributed by atoms with E-state index in [9.17, 15) is 0 Å². The maximum absolute atomic E-state index is 8.38. The molecule has 30 heavy (non-hydrogen) atoms. The van der Waals surface area contributed by atoms with E-state index in [0.29, 0.717) is 23.5 Å². The number of pyridine rings is 3. The molecule has 0 radical (unpaired) electrons. The zero-order valence-electron chi connectivity index (χ0n) is 16.9. The highest BCUT2D eigenvalue weighted by Gasteiger charge is 2.06. The second-order valence-corrected chi connectivity index (χ2v) is 6.64. The molecule has 0 atom stereocenters. The zero-order valence-corrected chi connectivity index (χ0v) is 16.9. The molecule has 0 aliphatic rings. The van der Waals surface area contributed by atoms with Crippen molar-refractivity contribution in [3.05, 3.63) is 88.9 Å². The maximum atomic E-state index is 8.38. The smallest absolute Gasteiger partial charge is 0.132 e. The average Bonchev–Trinajstić information content (AvgIpc) is 2.72. The van der Waals surface area contributed by atoms with Gasteiger partial charge in [0.25, 0.3) is 0 Å². The predicted molar refractivity (Wildman–Crippen MR) is 119 cm³/mol. The van der Waals surface area contributed by atoms with Gasteiger partial charge in [-0.2, -0.15) is 0 Å². The highest BCUT2D eigenvalue weighted by molar-refractivity contribution is 5.99. The molecule has 0 bridgehead atoms. The van der Waals surface area contributed by atoms with Crippen LogP contribution in [0.5, 0.6) is 0 Å². The molecule has 5 N–H and O–H groups in total. The highest BCUT2D eigenvalue weighted by atomic mass is 15.0. The van der Waals surface area contributed by atoms with Gasteiger partial charge in [-0.25, -0.2) is 9.98 Å². The van der Waals surface area contributed by atoms with Crippen molar-refractivity contribution in [1.29, 1.82) is 10.8 Å². The monoisotopic (exact) mass is 400 g/mol. The highest BCUT2D eigenvalue weighted by Crippen LogP contribution is 2.16. The summed E-state index contributed by atoms with van der Waals surface area (Å²) >= 11 is 0. The van der Waals surface area contributed by atoms with Crippen LogP contribution in [-0.4, -0.2) is 27.1 Å². The summed E-state index contributed by atoms with van der Waals surface area (Å²) in [6.45, 7) is 4.38. The topological polar surface area (TPSA) is 126 Å². The Balaban J connectivity index is 1.87. The number of hydrogen-bond acceptors (Lipinski definition) is 5. The molecule has 0 aliphatic heterocycles. The number of aromatic amines is 1. The van der Waals surface area contributed by atoms with Crippen LogP contribution in [-0.2, 0) is 6.54 Å². The number of aromatic nitrogens is 3. The maximum Gasteiger partial charge on any atom is 0.132 e. The molecule has 3 rings (SSSR count). The minimum absolute atomic E-state index is 0.248. The SMILES string of the molecule is Cc1cc(CNC(=N)/C=C(\Nc2cccc(C)n2)c2cc[nH]/c(=N\C=N)c2)ccn1. The van der Waals surface area contributed by atoms with Gasteiger partial charge in [0.15, 0.2) is 0 Å². The summed E-state index contributed by atoms with van der Waals surface area (Å²) in [5, 5.41) is 22.0. The van der Waals surface area contributed by atoms with Gasteiger partial charge in [-0.05, 0) is 55.8 Å². The van der Waals surface area contributed by atoms with Gasteiger partial charge in [0.1, 0.15) is 23.5 Å². The van der Waals surface area contributed by atoms with E-state index in [0.717, 1.165) is 28.9 Å². The van der Waals surface area contributed by atoms with Gasteiger partial charge >= 0.3 is 0 Å². The Kier molecular flexibility index (Phi) is 6.83. The average molecular weight is 400 g/mol. The van der Waals surface area contributed by atoms with E-state index >= 15 is 0 Å². The summed E-state index contributed by atoms with van der Waals surface area (Å²) in [7, 11) is 0. The molecule has 0 saturated carbocycles. The van der Waals surface area contributed by atoms with Crippen LogP contribution in [0, 0.1) is 24.7 Å². The Hall–Kier alpha value is -4.07. The summed E-state index contributed by atoms with van der Waals surface area (Å²) < 4.78 is 0. The molecule has 3 heterocycles. The summed E-state index contributed by atoms with van der Waals surface area (Å²) in [4.78, 5) is 15.6. The standard InChI is InChI=1S/C22H24N8/c1-15-4-3-5-21(29-15)30-19(18-7-9-26-22(11-18)28-14-23)12-20(24)27-13-17-6-8-25-16(2)10-17/h3-12,14H,13H2,1-2H3,(H2,24,27)(H,29,30)(H2,23,26,28)/b19-12-. The third kappa shape index (κ3) is 5.96. The number of amidine groups is 1. The molecule has 0 amide bonds. The van der Waals surface area contributed by atoms with Crippen LogP contribution >= 0.6 is 0 Å². The quantitative estimate of drug-likeness (QED) is 0.308. The number of nitrogens with one attached hydrogen (secondary N) is 5. The molecule has 0 saturated heterocycles. The van der Waals surface area contributed by atoms with Gasteiger partial charge in [-0.1, -0.05) is 6.07 Å². The molecule has 3 aromatic heterocycles. The number of nitrogens with zero attached hydrogens (tertiary/aromatic N) is 3. The van der Waals surface area contributed by atoms with Crippen molar-refractivity contribution in [3.8, 4) is 0 Å². The van der Waals surface area contributed by atoms with Gasteiger partial charge in [0, 0.05) is 42.0 Å². The van der Waals surface area contributed by atoms with Crippen molar-refractivity contribution in [1.82, 2.24) is 20.3 Å². The fourth-order valence-electron chi connectivity index (χ4n) is 2.81. The molecule has 8 nitrogen and oxygen atoms in total. The number of aryl methyl sites for hydroxylation is 2. The van der Waals surface area contributed by atoms with Gasteiger partial charge in [-0.3, -0.25) is 15.8 Å². The van der Waals surface area contributed by atoms with E-state index in [2.05, 4.69) is 30.6 Å². The third-order valence-electron chi connectivity index (χ3n) is 4.18. The lowest BCUT2D eigenvalue weighted by Crippen LogP contribution is -2.21. The second kappa shape index (κ2) is 9.92. The molecule has 3 aromatic rings. The van der Waals surface area contributed by atoms with Crippen LogP contribution in [0.4, 0.5) is 5.82 Å². The Morgan fingerprint density at radius 3 is 2.80 bits per heavy atom. The largest absolute Gasteiger partial charge is 0.366 e. The van der Waals surface area contributed by atoms with Crippen molar-refractivity contribution in [2.45, 2.75) is 20.4 Å². The molecular formula is C22H24N8. The Morgan fingerprint density at radius 1 is 1.17 bits per heavy atom. The number of anilines is 1. The summed E-state index contributed by atoms with van der Waals surface area (Å²) in [6, 6.07) is 13.3. The molecular weight excluding hydrogens is 376 g/mol. The first-order chi connectivity index (χ1) is 14.5. The van der Waals surface area contributed by atoms with E-state index < -0.39 is 0 Å². The fourth-order valence-corrected chi connectivity index (χ4v) is 2.81. The molecule has 0 aliphatic carbocycles. The van der Waals surface area contributed by atoms with E-state index in [-0.39, 0.29) is 5.84 Å². The number of H-pyrrole nitrogens is 1. The van der Waals surface area contributed by atoms with Crippen LogP contribution in [0.2, 0.25) is 0 Å². The minimum Gasteiger partial charge on any atom is -0.366 e. The zero-order chi connectivity index (χ0) is 21.3. The third-order valence-corrected chi connectivity index (χ3v) is 4.18. The fraction of sp³-hybridized carbons (Fsp3) is 0.136. The molecule has 8 heteroatoms. The van der Waals surface area contributed by atoms with Crippen LogP contribution < -0.4 is 16.1 Å². The van der Waals surface area contributed by atoms with Gasteiger partial charge in [-0.15, -0.1) is 0 Å². The number of rotatable bonds is 7. The van der Waals surface area contributed by atoms with Gasteiger partial charge in [0.2, 0.25) is 0 Å². The van der Waals surface area contributed by atoms with Crippen LogP contribution in [0.25, 0.3) is 5.70 Å². The molecule has 0 spiro atoms. The van der Waals surface area contributed by atoms with Crippen molar-refractivity contribution < 1.29 is 0 Å². The van der Waals surface area contributed by atoms with E-state index in [1.807, 2.05) is 50.2 Å². The first-order valence-electron chi connectivity index (χ1n) is 9.42. The van der Waals surface area contributed by atoms with Gasteiger partial charge < -0.3 is 15.6 Å². The predicted octanol–water partition coefficient (Wildman–Crippen LogP) is 3.15. The van der Waals surface area contributed by atoms with Crippen LogP contribution in [0.15, 0.2) is 65.9 Å². The first-order valence-corrected chi connectivity index (χ1v) is 9.42.